The van der Waals surface area contributed by atoms with E-state index in [2.05, 4.69) is 31.0 Å². The summed E-state index contributed by atoms with van der Waals surface area (Å²) in [4.78, 5) is 0. The predicted molar refractivity (Wildman–Crippen MR) is 53.8 cm³/mol. The zero-order chi connectivity index (χ0) is 8.97. The highest BCUT2D eigenvalue weighted by Crippen LogP contribution is 2.24. The van der Waals surface area contributed by atoms with Crippen LogP contribution in [0.15, 0.2) is 36.1 Å². The van der Waals surface area contributed by atoms with Gasteiger partial charge in [-0.1, -0.05) is 25.7 Å². The minimum absolute atomic E-state index is 0.661. The van der Waals surface area contributed by atoms with Crippen molar-refractivity contribution in [2.24, 2.45) is 5.92 Å². The summed E-state index contributed by atoms with van der Waals surface area (Å²) in [7, 11) is 0. The fourth-order valence-corrected chi connectivity index (χ4v) is 1.63. The minimum atomic E-state index is 0.661. The molecule has 0 amide bonds. The Kier molecular flexibility index (Phi) is 3.15. The molecule has 66 valence electrons. The molecule has 1 rings (SSSR count). The first-order chi connectivity index (χ1) is 5.83. The number of rotatable bonds is 3. The summed E-state index contributed by atoms with van der Waals surface area (Å²) < 4.78 is 0. The van der Waals surface area contributed by atoms with Crippen LogP contribution in [0.2, 0.25) is 0 Å². The molecule has 12 heavy (non-hydrogen) atoms. The van der Waals surface area contributed by atoms with Gasteiger partial charge in [0.2, 0.25) is 0 Å². The van der Waals surface area contributed by atoms with Crippen LogP contribution in [0.3, 0.4) is 0 Å². The number of allylic oxidation sites excluding steroid dienone is 3. The molecule has 1 aliphatic rings. The van der Waals surface area contributed by atoms with Gasteiger partial charge in [-0.05, 0) is 25.0 Å². The van der Waals surface area contributed by atoms with Crippen LogP contribution >= 0.6 is 0 Å². The fraction of sp³-hybridized carbons (Fsp3) is 0.455. The van der Waals surface area contributed by atoms with E-state index in [4.69, 9.17) is 0 Å². The van der Waals surface area contributed by atoms with Gasteiger partial charge < -0.3 is 5.32 Å². The van der Waals surface area contributed by atoms with Gasteiger partial charge in [0.1, 0.15) is 0 Å². The van der Waals surface area contributed by atoms with Crippen LogP contribution in [-0.2, 0) is 0 Å². The van der Waals surface area contributed by atoms with Crippen LogP contribution in [0, 0.1) is 5.92 Å². The van der Waals surface area contributed by atoms with Crippen molar-refractivity contribution in [2.45, 2.75) is 20.3 Å². The van der Waals surface area contributed by atoms with E-state index in [1.54, 1.807) is 0 Å². The predicted octanol–water partition coefficient (Wildman–Crippen LogP) is 2.63. The van der Waals surface area contributed by atoms with Crippen LogP contribution in [0.4, 0.5) is 0 Å². The Hall–Kier alpha value is -0.980. The number of hydrogen-bond acceptors (Lipinski definition) is 1. The zero-order valence-electron chi connectivity index (χ0n) is 7.93. The summed E-state index contributed by atoms with van der Waals surface area (Å²) >= 11 is 0. The molecule has 0 aromatic heterocycles. The fourth-order valence-electron chi connectivity index (χ4n) is 1.63. The van der Waals surface area contributed by atoms with Crippen LogP contribution < -0.4 is 5.32 Å². The van der Waals surface area contributed by atoms with Gasteiger partial charge in [-0.15, -0.1) is 0 Å². The summed E-state index contributed by atoms with van der Waals surface area (Å²) in [6.07, 6.45) is 7.34. The van der Waals surface area contributed by atoms with Crippen molar-refractivity contribution in [3.05, 3.63) is 36.1 Å². The molecule has 1 N–H and O–H groups in total. The van der Waals surface area contributed by atoms with Crippen molar-refractivity contribution in [2.75, 3.05) is 6.54 Å². The van der Waals surface area contributed by atoms with E-state index < -0.39 is 0 Å². The Morgan fingerprint density at radius 3 is 2.92 bits per heavy atom. The molecule has 1 nitrogen and oxygen atoms in total. The van der Waals surface area contributed by atoms with E-state index in [0.717, 1.165) is 6.54 Å². The highest BCUT2D eigenvalue weighted by Gasteiger charge is 2.19. The van der Waals surface area contributed by atoms with Gasteiger partial charge in [-0.2, -0.15) is 0 Å². The quantitative estimate of drug-likeness (QED) is 0.674. The zero-order valence-corrected chi connectivity index (χ0v) is 7.93. The molecule has 0 fully saturated rings. The van der Waals surface area contributed by atoms with Crippen LogP contribution in [0.1, 0.15) is 20.3 Å². The molecule has 0 radical (unpaired) electrons. The third kappa shape index (κ3) is 1.60. The summed E-state index contributed by atoms with van der Waals surface area (Å²) in [5, 5.41) is 3.38. The molecule has 0 spiro atoms. The summed E-state index contributed by atoms with van der Waals surface area (Å²) in [5.41, 5.74) is 2.62. The van der Waals surface area contributed by atoms with E-state index in [0.29, 0.717) is 5.92 Å². The summed E-state index contributed by atoms with van der Waals surface area (Å²) in [6, 6.07) is 0. The van der Waals surface area contributed by atoms with Gasteiger partial charge in [0.25, 0.3) is 0 Å². The third-order valence-corrected chi connectivity index (χ3v) is 2.34. The molecule has 0 aromatic carbocycles. The Morgan fingerprint density at radius 2 is 2.42 bits per heavy atom. The smallest absolute Gasteiger partial charge is 0.0372 e. The first-order valence-electron chi connectivity index (χ1n) is 4.56. The highest BCUT2D eigenvalue weighted by atomic mass is 14.9. The van der Waals surface area contributed by atoms with Crippen LogP contribution in [0.5, 0.6) is 0 Å². The van der Waals surface area contributed by atoms with Crippen molar-refractivity contribution in [3.8, 4) is 0 Å². The van der Waals surface area contributed by atoms with Gasteiger partial charge >= 0.3 is 0 Å². The Bertz CT molecular complexity index is 223. The summed E-state index contributed by atoms with van der Waals surface area (Å²) in [5.74, 6) is 0.661. The second kappa shape index (κ2) is 4.15. The van der Waals surface area contributed by atoms with Crippen molar-refractivity contribution >= 4 is 0 Å². The van der Waals surface area contributed by atoms with Crippen LogP contribution in [0.25, 0.3) is 0 Å². The standard InChI is InChI=1S/C11H17N/c1-4-7-11-10(6-3)9(5-2)8-12-11/h4,6-7,9,12H,3,5,8H2,1-2H3/b7-4-. The largest absolute Gasteiger partial charge is 0.384 e. The van der Waals surface area contributed by atoms with Gasteiger partial charge in [0.05, 0.1) is 0 Å². The number of nitrogens with one attached hydrogen (secondary N) is 1. The van der Waals surface area contributed by atoms with Crippen molar-refractivity contribution in [1.29, 1.82) is 0 Å². The average Bonchev–Trinajstić information content (AvgIpc) is 2.47. The van der Waals surface area contributed by atoms with Gasteiger partial charge in [-0.25, -0.2) is 0 Å². The molecule has 0 aromatic rings. The highest BCUT2D eigenvalue weighted by molar-refractivity contribution is 5.36. The monoisotopic (exact) mass is 163 g/mol. The van der Waals surface area contributed by atoms with E-state index in [9.17, 15) is 0 Å². The second-order valence-corrected chi connectivity index (χ2v) is 3.06. The molecule has 1 heterocycles. The molecule has 0 bridgehead atoms. The van der Waals surface area contributed by atoms with Crippen molar-refractivity contribution in [3.63, 3.8) is 0 Å². The van der Waals surface area contributed by atoms with E-state index in [1.807, 2.05) is 13.0 Å². The van der Waals surface area contributed by atoms with Gasteiger partial charge in [0, 0.05) is 18.2 Å². The first-order valence-corrected chi connectivity index (χ1v) is 4.56. The topological polar surface area (TPSA) is 12.0 Å². The molecule has 1 unspecified atom stereocenters. The molecular formula is C11H17N. The lowest BCUT2D eigenvalue weighted by molar-refractivity contribution is 0.617. The maximum Gasteiger partial charge on any atom is 0.0372 e. The normalized spacial score (nSPS) is 23.3. The molecule has 0 saturated heterocycles. The molecule has 1 aliphatic heterocycles. The van der Waals surface area contributed by atoms with E-state index in [1.165, 1.54) is 17.7 Å². The van der Waals surface area contributed by atoms with E-state index in [-0.39, 0.29) is 0 Å². The Labute approximate surface area is 74.9 Å². The summed E-state index contributed by atoms with van der Waals surface area (Å²) in [6.45, 7) is 9.16. The lowest BCUT2D eigenvalue weighted by Crippen LogP contribution is -2.10. The van der Waals surface area contributed by atoms with Gasteiger partial charge in [0.15, 0.2) is 0 Å². The minimum Gasteiger partial charge on any atom is -0.384 e. The molecular weight excluding hydrogens is 146 g/mol. The first kappa shape index (κ1) is 9.11. The SMILES string of the molecule is C=CC1=C(/C=C\C)NCC1CC. The lowest BCUT2D eigenvalue weighted by atomic mass is 9.98. The Balaban J connectivity index is 2.86. The third-order valence-electron chi connectivity index (χ3n) is 2.34. The van der Waals surface area contributed by atoms with E-state index >= 15 is 0 Å². The van der Waals surface area contributed by atoms with Crippen LogP contribution in [-0.4, -0.2) is 6.54 Å². The maximum absolute atomic E-state index is 3.84. The van der Waals surface area contributed by atoms with Crippen molar-refractivity contribution < 1.29 is 0 Å². The average molecular weight is 163 g/mol. The molecule has 0 saturated carbocycles. The van der Waals surface area contributed by atoms with Crippen molar-refractivity contribution in [1.82, 2.24) is 5.32 Å². The Morgan fingerprint density at radius 1 is 1.67 bits per heavy atom. The molecule has 1 heteroatoms. The molecule has 1 atom stereocenters. The van der Waals surface area contributed by atoms with Gasteiger partial charge in [-0.3, -0.25) is 0 Å². The maximum atomic E-state index is 3.84. The lowest BCUT2D eigenvalue weighted by Gasteiger charge is -2.05. The number of hydrogen-bond donors (Lipinski definition) is 1. The second-order valence-electron chi connectivity index (χ2n) is 3.06. The molecule has 0 aliphatic carbocycles.